The highest BCUT2D eigenvalue weighted by Crippen LogP contribution is 2.38. The fourth-order valence-electron chi connectivity index (χ4n) is 2.17. The zero-order valence-corrected chi connectivity index (χ0v) is 15.2. The molecule has 0 radical (unpaired) electrons. The first-order valence-corrected chi connectivity index (χ1v) is 8.16. The summed E-state index contributed by atoms with van der Waals surface area (Å²) in [6.07, 6.45) is 3.22. The number of carbonyl (C=O) groups excluding carboxylic acids is 2. The van der Waals surface area contributed by atoms with Crippen LogP contribution >= 0.6 is 23.2 Å². The third-order valence-electron chi connectivity index (χ3n) is 3.27. The Morgan fingerprint density at radius 3 is 2.56 bits per heavy atom. The van der Waals surface area contributed by atoms with Crippen molar-refractivity contribution in [3.63, 3.8) is 0 Å². The molecule has 0 amide bonds. The number of benzene rings is 2. The maximum Gasteiger partial charge on any atom is 0.308 e. The molecule has 0 aliphatic rings. The van der Waals surface area contributed by atoms with Crippen molar-refractivity contribution in [2.45, 2.75) is 13.3 Å². The molecule has 2 aromatic carbocycles. The average Bonchev–Trinajstić information content (AvgIpc) is 2.55. The van der Waals surface area contributed by atoms with E-state index in [0.717, 1.165) is 5.56 Å². The van der Waals surface area contributed by atoms with E-state index in [1.807, 2.05) is 6.07 Å². The maximum absolute atomic E-state index is 12.1. The molecule has 4 nitrogen and oxygen atoms in total. The number of ketones is 1. The van der Waals surface area contributed by atoms with Gasteiger partial charge in [0.2, 0.25) is 0 Å². The molecule has 6 heteroatoms. The van der Waals surface area contributed by atoms with E-state index in [2.05, 4.69) is 0 Å². The second-order valence-corrected chi connectivity index (χ2v) is 6.01. The Balaban J connectivity index is 2.19. The quantitative estimate of drug-likeness (QED) is 0.413. The van der Waals surface area contributed by atoms with Crippen molar-refractivity contribution in [1.82, 2.24) is 0 Å². The number of methoxy groups -OCH3 is 1. The van der Waals surface area contributed by atoms with E-state index >= 15 is 0 Å². The van der Waals surface area contributed by atoms with Crippen molar-refractivity contribution in [1.29, 1.82) is 0 Å². The Morgan fingerprint density at radius 1 is 1.16 bits per heavy atom. The lowest BCUT2D eigenvalue weighted by atomic mass is 10.1. The summed E-state index contributed by atoms with van der Waals surface area (Å²) in [4.78, 5) is 23.3. The first-order chi connectivity index (χ1) is 11.9. The molecule has 0 saturated heterocycles. The fourth-order valence-corrected chi connectivity index (χ4v) is 2.64. The van der Waals surface area contributed by atoms with Crippen LogP contribution in [-0.2, 0) is 16.0 Å². The number of rotatable bonds is 6. The second-order valence-electron chi connectivity index (χ2n) is 5.20. The monoisotopic (exact) mass is 378 g/mol. The van der Waals surface area contributed by atoms with Crippen LogP contribution in [0.1, 0.15) is 18.1 Å². The van der Waals surface area contributed by atoms with Gasteiger partial charge in [0.05, 0.1) is 12.1 Å². The summed E-state index contributed by atoms with van der Waals surface area (Å²) < 4.78 is 10.2. The Hall–Kier alpha value is -2.30. The molecule has 0 bridgehead atoms. The standard InChI is InChI=1S/C19H16Cl2O4/c1-12(22)25-19-17(24-2)9-7-14(18(19)21)6-8-16(23)11-13-4-3-5-15(20)10-13/h3-10H,11H2,1-2H3/b8-6+. The van der Waals surface area contributed by atoms with Crippen molar-refractivity contribution >= 4 is 41.0 Å². The highest BCUT2D eigenvalue weighted by molar-refractivity contribution is 6.34. The van der Waals surface area contributed by atoms with Crippen molar-refractivity contribution in [3.05, 3.63) is 63.6 Å². The number of hydrogen-bond donors (Lipinski definition) is 0. The molecule has 0 unspecified atom stereocenters. The van der Waals surface area contributed by atoms with Crippen molar-refractivity contribution in [2.24, 2.45) is 0 Å². The molecule has 25 heavy (non-hydrogen) atoms. The predicted octanol–water partition coefficient (Wildman–Crippen LogP) is 4.75. The minimum Gasteiger partial charge on any atom is -0.493 e. The number of hydrogen-bond acceptors (Lipinski definition) is 4. The molecule has 0 spiro atoms. The Labute approximate surface area is 156 Å². The van der Waals surface area contributed by atoms with Gasteiger partial charge in [-0.1, -0.05) is 35.3 Å². The van der Waals surface area contributed by atoms with E-state index in [9.17, 15) is 9.59 Å². The molecule has 2 aromatic rings. The van der Waals surface area contributed by atoms with Gasteiger partial charge in [-0.05, 0) is 47.5 Å². The summed E-state index contributed by atoms with van der Waals surface area (Å²) in [6.45, 7) is 1.27. The van der Waals surface area contributed by atoms with Crippen molar-refractivity contribution < 1.29 is 19.1 Å². The van der Waals surface area contributed by atoms with Gasteiger partial charge < -0.3 is 9.47 Å². The number of ether oxygens (including phenoxy) is 2. The number of carbonyl (C=O) groups is 2. The third kappa shape index (κ3) is 5.34. The van der Waals surface area contributed by atoms with Gasteiger partial charge in [-0.3, -0.25) is 9.59 Å². The zero-order valence-electron chi connectivity index (χ0n) is 13.7. The van der Waals surface area contributed by atoms with Crippen LogP contribution in [0.3, 0.4) is 0 Å². The molecular weight excluding hydrogens is 363 g/mol. The Kier molecular flexibility index (Phi) is 6.62. The van der Waals surface area contributed by atoms with Gasteiger partial charge in [0.15, 0.2) is 17.3 Å². The van der Waals surface area contributed by atoms with E-state index in [1.54, 1.807) is 36.4 Å². The summed E-state index contributed by atoms with van der Waals surface area (Å²) >= 11 is 12.2. The fraction of sp³-hybridized carbons (Fsp3) is 0.158. The molecule has 0 aromatic heterocycles. The molecule has 2 rings (SSSR count). The lowest BCUT2D eigenvalue weighted by Crippen LogP contribution is -2.04. The van der Waals surface area contributed by atoms with Gasteiger partial charge in [-0.25, -0.2) is 0 Å². The van der Waals surface area contributed by atoms with Crippen LogP contribution in [0.25, 0.3) is 6.08 Å². The van der Waals surface area contributed by atoms with E-state index in [0.29, 0.717) is 16.3 Å². The maximum atomic E-state index is 12.1. The smallest absolute Gasteiger partial charge is 0.308 e. The first-order valence-electron chi connectivity index (χ1n) is 7.41. The van der Waals surface area contributed by atoms with Gasteiger partial charge in [-0.2, -0.15) is 0 Å². The highest BCUT2D eigenvalue weighted by atomic mass is 35.5. The number of halogens is 2. The normalized spacial score (nSPS) is 10.7. The molecule has 130 valence electrons. The third-order valence-corrected chi connectivity index (χ3v) is 3.90. The lowest BCUT2D eigenvalue weighted by molar-refractivity contribution is -0.132. The molecule has 0 aliphatic carbocycles. The zero-order chi connectivity index (χ0) is 18.4. The van der Waals surface area contributed by atoms with Crippen LogP contribution < -0.4 is 9.47 Å². The van der Waals surface area contributed by atoms with Gasteiger partial charge in [0.1, 0.15) is 0 Å². The van der Waals surface area contributed by atoms with Gasteiger partial charge in [0, 0.05) is 18.4 Å². The summed E-state index contributed by atoms with van der Waals surface area (Å²) in [6, 6.07) is 10.4. The van der Waals surface area contributed by atoms with Crippen molar-refractivity contribution in [3.8, 4) is 11.5 Å². The van der Waals surface area contributed by atoms with Crippen LogP contribution in [0, 0.1) is 0 Å². The lowest BCUT2D eigenvalue weighted by Gasteiger charge is -2.11. The molecular formula is C19H16Cl2O4. The molecule has 0 saturated carbocycles. The summed E-state index contributed by atoms with van der Waals surface area (Å²) in [7, 11) is 1.45. The molecule has 0 heterocycles. The topological polar surface area (TPSA) is 52.6 Å². The van der Waals surface area contributed by atoms with Crippen LogP contribution in [0.2, 0.25) is 10.0 Å². The van der Waals surface area contributed by atoms with Crippen LogP contribution in [0.5, 0.6) is 11.5 Å². The molecule has 0 atom stereocenters. The van der Waals surface area contributed by atoms with E-state index in [4.69, 9.17) is 32.7 Å². The average molecular weight is 379 g/mol. The molecule has 0 aliphatic heterocycles. The molecule has 0 N–H and O–H groups in total. The van der Waals surface area contributed by atoms with Gasteiger partial charge >= 0.3 is 5.97 Å². The summed E-state index contributed by atoms with van der Waals surface area (Å²) in [5.41, 5.74) is 1.36. The van der Waals surface area contributed by atoms with Crippen LogP contribution in [0.15, 0.2) is 42.5 Å². The number of allylic oxidation sites excluding steroid dienone is 1. The van der Waals surface area contributed by atoms with Gasteiger partial charge in [0.25, 0.3) is 0 Å². The van der Waals surface area contributed by atoms with E-state index < -0.39 is 5.97 Å². The van der Waals surface area contributed by atoms with E-state index in [1.165, 1.54) is 20.1 Å². The van der Waals surface area contributed by atoms with E-state index in [-0.39, 0.29) is 23.0 Å². The molecule has 0 fully saturated rings. The number of esters is 1. The summed E-state index contributed by atoms with van der Waals surface area (Å²) in [5.74, 6) is -0.162. The Morgan fingerprint density at radius 2 is 1.92 bits per heavy atom. The summed E-state index contributed by atoms with van der Waals surface area (Å²) in [5, 5.41) is 0.778. The largest absolute Gasteiger partial charge is 0.493 e. The predicted molar refractivity (Wildman–Crippen MR) is 98.5 cm³/mol. The minimum atomic E-state index is -0.515. The Bertz CT molecular complexity index is 828. The highest BCUT2D eigenvalue weighted by Gasteiger charge is 2.15. The second kappa shape index (κ2) is 8.70. The van der Waals surface area contributed by atoms with Gasteiger partial charge in [-0.15, -0.1) is 0 Å². The van der Waals surface area contributed by atoms with Crippen LogP contribution in [-0.4, -0.2) is 18.9 Å². The van der Waals surface area contributed by atoms with Crippen LogP contribution in [0.4, 0.5) is 0 Å². The first kappa shape index (κ1) is 19.0. The SMILES string of the molecule is COc1ccc(/C=C/C(=O)Cc2cccc(Cl)c2)c(Cl)c1OC(C)=O. The minimum absolute atomic E-state index is 0.108. The van der Waals surface area contributed by atoms with Crippen molar-refractivity contribution in [2.75, 3.05) is 7.11 Å².